The van der Waals surface area contributed by atoms with Gasteiger partial charge in [-0.3, -0.25) is 14.7 Å². The van der Waals surface area contributed by atoms with E-state index in [1.807, 2.05) is 115 Å². The van der Waals surface area contributed by atoms with Gasteiger partial charge in [-0.1, -0.05) is 121 Å². The van der Waals surface area contributed by atoms with E-state index in [1.165, 1.54) is 0 Å². The zero-order chi connectivity index (χ0) is 43.5. The molecule has 2 aliphatic rings. The zero-order valence-electron chi connectivity index (χ0n) is 34.5. The molecule has 0 unspecified atom stereocenters. The van der Waals surface area contributed by atoms with Crippen LogP contribution in [0.15, 0.2) is 146 Å². The van der Waals surface area contributed by atoms with Crippen LogP contribution in [0.25, 0.3) is 22.0 Å². The first-order chi connectivity index (χ1) is 30.7. The summed E-state index contributed by atoms with van der Waals surface area (Å²) in [5, 5.41) is 15.4. The average Bonchev–Trinajstić information content (AvgIpc) is 3.31. The Morgan fingerprint density at radius 3 is 2.35 bits per heavy atom. The van der Waals surface area contributed by atoms with E-state index in [0.29, 0.717) is 53.5 Å². The van der Waals surface area contributed by atoms with Crippen molar-refractivity contribution < 1.29 is 28.9 Å². The standard InChI is InChI=1S/C52H45Cl2N3O6/c1-2-46(35-8-4-3-5-9-35)57-29-38-28-49-48(62-31-50(63-49)36-17-19-39(20-18-36)61-30-33-14-21-42(53)43(54)24-33)27-37(38)26-47(57)51(58)56-45(52(59)60)25-32-12-15-34(16-13-32)40-22-23-55-44-11-7-6-10-41(40)44/h3-24,27-28,45-47,50H,2,25-26,29-31H2,1H3,(H,56,58)(H,59,60)/t45-,46-,47-,50+/m0/s1. The summed E-state index contributed by atoms with van der Waals surface area (Å²) < 4.78 is 18.9. The summed E-state index contributed by atoms with van der Waals surface area (Å²) in [5.41, 5.74) is 8.68. The summed E-state index contributed by atoms with van der Waals surface area (Å²) in [7, 11) is 0. The van der Waals surface area contributed by atoms with Crippen molar-refractivity contribution in [2.75, 3.05) is 6.61 Å². The minimum Gasteiger partial charge on any atom is -0.489 e. The third-order valence-corrected chi connectivity index (χ3v) is 12.7. The Morgan fingerprint density at radius 1 is 0.841 bits per heavy atom. The fourth-order valence-electron chi connectivity index (χ4n) is 8.69. The Hall–Kier alpha value is -6.39. The number of fused-ring (bicyclic) bond motifs is 3. The number of carbonyl (C=O) groups is 2. The average molecular weight is 879 g/mol. The quantitative estimate of drug-likeness (QED) is 0.118. The normalized spacial score (nSPS) is 16.7. The molecule has 63 heavy (non-hydrogen) atoms. The number of hydrogen-bond donors (Lipinski definition) is 2. The van der Waals surface area contributed by atoms with E-state index in [1.54, 1.807) is 18.3 Å². The minimum absolute atomic E-state index is 0.103. The van der Waals surface area contributed by atoms with E-state index in [0.717, 1.165) is 61.8 Å². The first-order valence-corrected chi connectivity index (χ1v) is 21.8. The van der Waals surface area contributed by atoms with Gasteiger partial charge in [-0.2, -0.15) is 0 Å². The molecule has 0 radical (unpaired) electrons. The maximum Gasteiger partial charge on any atom is 0.326 e. The van der Waals surface area contributed by atoms with E-state index in [9.17, 15) is 14.7 Å². The number of para-hydroxylation sites is 1. The van der Waals surface area contributed by atoms with E-state index >= 15 is 0 Å². The van der Waals surface area contributed by atoms with Crippen LogP contribution in [0.3, 0.4) is 0 Å². The highest BCUT2D eigenvalue weighted by molar-refractivity contribution is 6.42. The summed E-state index contributed by atoms with van der Waals surface area (Å²) in [6.45, 7) is 3.22. The number of halogens is 2. The van der Waals surface area contributed by atoms with E-state index < -0.39 is 18.1 Å². The highest BCUT2D eigenvalue weighted by Gasteiger charge is 2.39. The van der Waals surface area contributed by atoms with Gasteiger partial charge in [0.05, 0.1) is 21.6 Å². The van der Waals surface area contributed by atoms with Crippen molar-refractivity contribution in [2.45, 2.75) is 63.6 Å². The lowest BCUT2D eigenvalue weighted by molar-refractivity contribution is -0.143. The van der Waals surface area contributed by atoms with Crippen molar-refractivity contribution in [1.82, 2.24) is 15.2 Å². The monoisotopic (exact) mass is 877 g/mol. The number of aliphatic carboxylic acids is 1. The lowest BCUT2D eigenvalue weighted by atomic mass is 9.89. The van der Waals surface area contributed by atoms with E-state index in [-0.39, 0.29) is 24.5 Å². The molecule has 4 atom stereocenters. The van der Waals surface area contributed by atoms with Gasteiger partial charge in [0.1, 0.15) is 25.0 Å². The first kappa shape index (κ1) is 41.9. The van der Waals surface area contributed by atoms with Crippen molar-refractivity contribution in [2.24, 2.45) is 0 Å². The summed E-state index contributed by atoms with van der Waals surface area (Å²) in [6.07, 6.45) is 2.69. The van der Waals surface area contributed by atoms with Crippen LogP contribution in [0.5, 0.6) is 17.2 Å². The molecule has 318 valence electrons. The Kier molecular flexibility index (Phi) is 12.3. The molecule has 3 heterocycles. The zero-order valence-corrected chi connectivity index (χ0v) is 36.1. The second-order valence-corrected chi connectivity index (χ2v) is 16.8. The molecule has 7 aromatic rings. The smallest absolute Gasteiger partial charge is 0.326 e. The van der Waals surface area contributed by atoms with Gasteiger partial charge in [0.25, 0.3) is 0 Å². The first-order valence-electron chi connectivity index (χ1n) is 21.1. The summed E-state index contributed by atoms with van der Waals surface area (Å²) in [6, 6.07) is 43.3. The summed E-state index contributed by atoms with van der Waals surface area (Å²) in [5.74, 6) is 0.528. The predicted molar refractivity (Wildman–Crippen MR) is 246 cm³/mol. The highest BCUT2D eigenvalue weighted by atomic mass is 35.5. The molecule has 6 aromatic carbocycles. The number of hydrogen-bond acceptors (Lipinski definition) is 7. The molecular weight excluding hydrogens is 833 g/mol. The topological polar surface area (TPSA) is 110 Å². The number of amides is 1. The molecule has 1 aromatic heterocycles. The molecule has 0 fully saturated rings. The maximum atomic E-state index is 14.5. The van der Waals surface area contributed by atoms with Gasteiger partial charge in [-0.15, -0.1) is 0 Å². The molecule has 0 spiro atoms. The van der Waals surface area contributed by atoms with Gasteiger partial charge >= 0.3 is 5.97 Å². The number of carbonyl (C=O) groups excluding carboxylic acids is 1. The molecule has 1 amide bonds. The van der Waals surface area contributed by atoms with Crippen LogP contribution in [-0.2, 0) is 35.6 Å². The molecular formula is C52H45Cl2N3O6. The molecule has 9 rings (SSSR count). The van der Waals surface area contributed by atoms with Crippen LogP contribution in [0.4, 0.5) is 0 Å². The number of benzene rings is 6. The fraction of sp³-hybridized carbons (Fsp3) is 0.212. The molecule has 2 N–H and O–H groups in total. The second kappa shape index (κ2) is 18.5. The Balaban J connectivity index is 0.919. The number of carboxylic acids is 1. The third-order valence-electron chi connectivity index (χ3n) is 12.0. The largest absolute Gasteiger partial charge is 0.489 e. The van der Waals surface area contributed by atoms with Crippen LogP contribution in [0, 0.1) is 0 Å². The number of rotatable bonds is 13. The van der Waals surface area contributed by atoms with Gasteiger partial charge in [0.2, 0.25) is 5.91 Å². The van der Waals surface area contributed by atoms with E-state index in [4.69, 9.17) is 37.4 Å². The number of ether oxygens (including phenoxy) is 3. The van der Waals surface area contributed by atoms with Crippen molar-refractivity contribution >= 4 is 46.0 Å². The minimum atomic E-state index is -1.13. The predicted octanol–water partition coefficient (Wildman–Crippen LogP) is 11.0. The molecule has 0 saturated carbocycles. The van der Waals surface area contributed by atoms with Crippen molar-refractivity contribution in [3.63, 3.8) is 0 Å². The molecule has 9 nitrogen and oxygen atoms in total. The van der Waals surface area contributed by atoms with E-state index in [2.05, 4.69) is 34.3 Å². The summed E-state index contributed by atoms with van der Waals surface area (Å²) >= 11 is 12.2. The molecule has 0 bridgehead atoms. The number of nitrogens with zero attached hydrogens (tertiary/aromatic N) is 2. The van der Waals surface area contributed by atoms with Gasteiger partial charge in [0.15, 0.2) is 17.6 Å². The van der Waals surface area contributed by atoms with Crippen LogP contribution in [0.1, 0.15) is 58.9 Å². The number of carboxylic acid groups (broad SMARTS) is 1. The summed E-state index contributed by atoms with van der Waals surface area (Å²) in [4.78, 5) is 33.9. The van der Waals surface area contributed by atoms with Crippen LogP contribution >= 0.6 is 23.2 Å². The van der Waals surface area contributed by atoms with Crippen LogP contribution in [-0.4, -0.2) is 45.6 Å². The van der Waals surface area contributed by atoms with Gasteiger partial charge in [-0.05, 0) is 106 Å². The maximum absolute atomic E-state index is 14.5. The van der Waals surface area contributed by atoms with Crippen LogP contribution in [0.2, 0.25) is 10.0 Å². The molecule has 11 heteroatoms. The lowest BCUT2D eigenvalue weighted by Crippen LogP contribution is -2.55. The molecule has 2 aliphatic heterocycles. The third kappa shape index (κ3) is 9.23. The molecule has 0 saturated heterocycles. The lowest BCUT2D eigenvalue weighted by Gasteiger charge is -2.42. The van der Waals surface area contributed by atoms with Crippen molar-refractivity contribution in [3.05, 3.63) is 189 Å². The van der Waals surface area contributed by atoms with Gasteiger partial charge < -0.3 is 24.6 Å². The molecule has 0 aliphatic carbocycles. The SMILES string of the molecule is CC[C@@H](c1ccccc1)N1Cc2cc3c(cc2C[C@H]1C(=O)N[C@@H](Cc1ccc(-c2ccnc4ccccc24)cc1)C(=O)O)OC[C@H](c1ccc(OCc2ccc(Cl)c(Cl)c2)cc1)O3. The Bertz CT molecular complexity index is 2760. The van der Waals surface area contributed by atoms with Gasteiger partial charge in [0, 0.05) is 30.6 Å². The Morgan fingerprint density at radius 2 is 1.59 bits per heavy atom. The van der Waals surface area contributed by atoms with Crippen molar-refractivity contribution in [1.29, 1.82) is 0 Å². The highest BCUT2D eigenvalue weighted by Crippen LogP contribution is 2.43. The van der Waals surface area contributed by atoms with Crippen molar-refractivity contribution in [3.8, 4) is 28.4 Å². The van der Waals surface area contributed by atoms with Gasteiger partial charge in [-0.25, -0.2) is 4.79 Å². The number of aromatic nitrogens is 1. The number of nitrogens with one attached hydrogen (secondary N) is 1. The Labute approximate surface area is 376 Å². The second-order valence-electron chi connectivity index (χ2n) is 16.0. The van der Waals surface area contributed by atoms with Crippen LogP contribution < -0.4 is 19.5 Å². The number of pyridine rings is 1. The fourth-order valence-corrected chi connectivity index (χ4v) is 9.01.